The molecule has 1 rings (SSSR count). The molecule has 15 heavy (non-hydrogen) atoms. The van der Waals surface area contributed by atoms with E-state index < -0.39 is 0 Å². The second-order valence-electron chi connectivity index (χ2n) is 3.44. The molecule has 0 aliphatic heterocycles. The van der Waals surface area contributed by atoms with Crippen LogP contribution < -0.4 is 0 Å². The summed E-state index contributed by atoms with van der Waals surface area (Å²) < 4.78 is 7.63. The summed E-state index contributed by atoms with van der Waals surface area (Å²) in [5, 5.41) is 4.15. The third kappa shape index (κ3) is 6.28. The van der Waals surface area contributed by atoms with E-state index in [9.17, 15) is 0 Å². The molecule has 0 aliphatic carbocycles. The quantitative estimate of drug-likeness (QED) is 0.750. The predicted octanol–water partition coefficient (Wildman–Crippen LogP) is 3.11. The van der Waals surface area contributed by atoms with Crippen molar-refractivity contribution in [1.82, 2.24) is 9.78 Å². The largest absolute Gasteiger partial charge is 0.374 e. The maximum absolute atomic E-state index is 5.71. The minimum atomic E-state index is 0.278. The number of aromatic nitrogens is 2. The molecule has 0 N–H and O–H groups in total. The van der Waals surface area contributed by atoms with Gasteiger partial charge in [-0.05, 0) is 26.3 Å². The zero-order chi connectivity index (χ0) is 11.7. The molecule has 3 nitrogen and oxygen atoms in total. The standard InChI is InChI=1S/C10H18N2O.C2H6/c1-4-10(13-9(2)3)8-12-7-5-6-11-12;1-2/h5-7,9-10H,4,8H2,1-3H3;1-2H3. The zero-order valence-corrected chi connectivity index (χ0v) is 10.6. The average molecular weight is 212 g/mol. The van der Waals surface area contributed by atoms with E-state index in [-0.39, 0.29) is 6.10 Å². The van der Waals surface area contributed by atoms with Crippen LogP contribution in [-0.4, -0.2) is 22.0 Å². The summed E-state index contributed by atoms with van der Waals surface area (Å²) in [6.45, 7) is 11.1. The minimum Gasteiger partial charge on any atom is -0.374 e. The Balaban J connectivity index is 0.000000921. The molecule has 0 amide bonds. The van der Waals surface area contributed by atoms with E-state index in [4.69, 9.17) is 4.74 Å². The normalized spacial score (nSPS) is 12.1. The van der Waals surface area contributed by atoms with Gasteiger partial charge >= 0.3 is 0 Å². The lowest BCUT2D eigenvalue weighted by Gasteiger charge is -2.18. The van der Waals surface area contributed by atoms with Gasteiger partial charge in [0, 0.05) is 12.4 Å². The van der Waals surface area contributed by atoms with E-state index in [0.29, 0.717) is 6.10 Å². The van der Waals surface area contributed by atoms with E-state index >= 15 is 0 Å². The highest BCUT2D eigenvalue weighted by atomic mass is 16.5. The van der Waals surface area contributed by atoms with Gasteiger partial charge < -0.3 is 4.74 Å². The van der Waals surface area contributed by atoms with Crippen molar-refractivity contribution in [3.05, 3.63) is 18.5 Å². The first-order chi connectivity index (χ1) is 7.22. The minimum absolute atomic E-state index is 0.278. The molecule has 1 unspecified atom stereocenters. The van der Waals surface area contributed by atoms with Crippen LogP contribution in [0, 0.1) is 0 Å². The Labute approximate surface area is 93.4 Å². The van der Waals surface area contributed by atoms with E-state index in [1.54, 1.807) is 6.20 Å². The highest BCUT2D eigenvalue weighted by Crippen LogP contribution is 2.04. The maximum atomic E-state index is 5.71. The first kappa shape index (κ1) is 14.2. The smallest absolute Gasteiger partial charge is 0.0771 e. The fourth-order valence-electron chi connectivity index (χ4n) is 1.27. The monoisotopic (exact) mass is 212 g/mol. The fraction of sp³-hybridized carbons (Fsp3) is 0.750. The van der Waals surface area contributed by atoms with Crippen LogP contribution in [0.1, 0.15) is 41.0 Å². The van der Waals surface area contributed by atoms with Crippen molar-refractivity contribution < 1.29 is 4.74 Å². The summed E-state index contributed by atoms with van der Waals surface area (Å²) in [6.07, 6.45) is 5.35. The number of rotatable bonds is 5. The molecule has 1 aromatic rings. The Bertz CT molecular complexity index is 220. The Morgan fingerprint density at radius 2 is 2.00 bits per heavy atom. The molecule has 0 radical (unpaired) electrons. The highest BCUT2D eigenvalue weighted by molar-refractivity contribution is 4.78. The van der Waals surface area contributed by atoms with Gasteiger partial charge in [0.2, 0.25) is 0 Å². The van der Waals surface area contributed by atoms with Gasteiger partial charge in [-0.2, -0.15) is 5.10 Å². The summed E-state index contributed by atoms with van der Waals surface area (Å²) in [7, 11) is 0. The van der Waals surface area contributed by atoms with Crippen LogP contribution in [-0.2, 0) is 11.3 Å². The third-order valence-corrected chi connectivity index (χ3v) is 1.87. The van der Waals surface area contributed by atoms with Gasteiger partial charge in [-0.25, -0.2) is 0 Å². The summed E-state index contributed by atoms with van der Waals surface area (Å²) >= 11 is 0. The molecule has 0 spiro atoms. The predicted molar refractivity (Wildman–Crippen MR) is 63.9 cm³/mol. The lowest BCUT2D eigenvalue weighted by Crippen LogP contribution is -2.23. The van der Waals surface area contributed by atoms with Crippen LogP contribution >= 0.6 is 0 Å². The maximum Gasteiger partial charge on any atom is 0.0771 e. The summed E-state index contributed by atoms with van der Waals surface area (Å²) in [5.41, 5.74) is 0. The molecular weight excluding hydrogens is 188 g/mol. The second kappa shape index (κ2) is 8.48. The number of hydrogen-bond donors (Lipinski definition) is 0. The zero-order valence-electron chi connectivity index (χ0n) is 10.6. The van der Waals surface area contributed by atoms with Gasteiger partial charge in [0.15, 0.2) is 0 Å². The lowest BCUT2D eigenvalue weighted by molar-refractivity contribution is -0.00523. The average Bonchev–Trinajstić information content (AvgIpc) is 2.72. The molecule has 3 heteroatoms. The van der Waals surface area contributed by atoms with Crippen molar-refractivity contribution in [3.63, 3.8) is 0 Å². The summed E-state index contributed by atoms with van der Waals surface area (Å²) in [6, 6.07) is 1.93. The molecule has 0 aliphatic rings. The molecule has 0 aromatic carbocycles. The Kier molecular flexibility index (Phi) is 8.01. The fourth-order valence-corrected chi connectivity index (χ4v) is 1.27. The van der Waals surface area contributed by atoms with Crippen LogP contribution in [0.5, 0.6) is 0 Å². The van der Waals surface area contributed by atoms with Gasteiger partial charge in [0.1, 0.15) is 0 Å². The molecule has 1 aromatic heterocycles. The van der Waals surface area contributed by atoms with Crippen LogP contribution in [0.3, 0.4) is 0 Å². The molecule has 0 bridgehead atoms. The van der Waals surface area contributed by atoms with Crippen molar-refractivity contribution in [3.8, 4) is 0 Å². The Hall–Kier alpha value is -0.830. The van der Waals surface area contributed by atoms with Crippen molar-refractivity contribution in [2.75, 3.05) is 0 Å². The Morgan fingerprint density at radius 1 is 1.33 bits per heavy atom. The van der Waals surface area contributed by atoms with E-state index in [1.807, 2.05) is 30.8 Å². The molecule has 0 fully saturated rings. The topological polar surface area (TPSA) is 27.1 Å². The molecule has 0 saturated carbocycles. The van der Waals surface area contributed by atoms with Crippen LogP contribution in [0.2, 0.25) is 0 Å². The van der Waals surface area contributed by atoms with Crippen molar-refractivity contribution in [1.29, 1.82) is 0 Å². The van der Waals surface area contributed by atoms with E-state index in [0.717, 1.165) is 13.0 Å². The molecular formula is C12H24N2O. The Morgan fingerprint density at radius 3 is 2.40 bits per heavy atom. The highest BCUT2D eigenvalue weighted by Gasteiger charge is 2.09. The van der Waals surface area contributed by atoms with Gasteiger partial charge in [-0.1, -0.05) is 20.8 Å². The summed E-state index contributed by atoms with van der Waals surface area (Å²) in [5.74, 6) is 0. The van der Waals surface area contributed by atoms with Crippen LogP contribution in [0.4, 0.5) is 0 Å². The van der Waals surface area contributed by atoms with E-state index in [2.05, 4.69) is 25.9 Å². The molecule has 1 heterocycles. The lowest BCUT2D eigenvalue weighted by atomic mass is 10.2. The third-order valence-electron chi connectivity index (χ3n) is 1.87. The van der Waals surface area contributed by atoms with Gasteiger partial charge in [0.25, 0.3) is 0 Å². The van der Waals surface area contributed by atoms with Gasteiger partial charge in [-0.3, -0.25) is 4.68 Å². The summed E-state index contributed by atoms with van der Waals surface area (Å²) in [4.78, 5) is 0. The number of nitrogens with zero attached hydrogens (tertiary/aromatic N) is 2. The van der Waals surface area contributed by atoms with Crippen LogP contribution in [0.15, 0.2) is 18.5 Å². The van der Waals surface area contributed by atoms with Gasteiger partial charge in [0.05, 0.1) is 18.8 Å². The van der Waals surface area contributed by atoms with Crippen molar-refractivity contribution >= 4 is 0 Å². The van der Waals surface area contributed by atoms with Crippen molar-refractivity contribution in [2.24, 2.45) is 0 Å². The SMILES string of the molecule is CC.CCC(Cn1cccn1)OC(C)C. The van der Waals surface area contributed by atoms with Crippen molar-refractivity contribution in [2.45, 2.75) is 59.8 Å². The number of hydrogen-bond acceptors (Lipinski definition) is 2. The molecule has 0 saturated heterocycles. The van der Waals surface area contributed by atoms with Gasteiger partial charge in [-0.15, -0.1) is 0 Å². The molecule has 88 valence electrons. The first-order valence-corrected chi connectivity index (χ1v) is 5.85. The van der Waals surface area contributed by atoms with E-state index in [1.165, 1.54) is 0 Å². The number of ether oxygens (including phenoxy) is 1. The van der Waals surface area contributed by atoms with Crippen LogP contribution in [0.25, 0.3) is 0 Å². The first-order valence-electron chi connectivity index (χ1n) is 5.85. The second-order valence-corrected chi connectivity index (χ2v) is 3.44. The molecule has 1 atom stereocenters.